The predicted octanol–water partition coefficient (Wildman–Crippen LogP) is 17.8. The fourth-order valence-electron chi connectivity index (χ4n) is 17.2. The molecular weight excluding hydrogens is 1640 g/mol. The summed E-state index contributed by atoms with van der Waals surface area (Å²) < 4.78 is 21.5. The maximum atomic E-state index is 13.6. The van der Waals surface area contributed by atoms with Crippen LogP contribution in [0.4, 0.5) is 0 Å². The van der Waals surface area contributed by atoms with E-state index in [1.807, 2.05) is 261 Å². The molecule has 0 spiro atoms. The molecule has 131 heavy (non-hydrogen) atoms. The van der Waals surface area contributed by atoms with Crippen LogP contribution in [0.2, 0.25) is 0 Å². The largest absolute Gasteiger partial charge is 0.481 e. The molecule has 3 amide bonds. The Bertz CT molecular complexity index is 6690. The highest BCUT2D eigenvalue weighted by atomic mass is 16.5. The SMILES string of the molecule is COC1=NCc2cc(CC(=O)N[C@H](C)c3ccccc3)nc(-c3ccnc(CO)c3)c21.COc1nn(C(c2ccccc2)(c2ccccc2)c2ccccc2)c2cc(CC(=O)N[C@H](C)c3ccccc3)nc(-c3ccnc(C=O)c3)c12.COc1nn(C(c2ccccc2)(c2ccccc2)c2ccccc2)c2cc(CC(=O)N[C@H](C)c3ccccc3)nc(-c3ccnc(CO)c3)c12. The zero-order valence-corrected chi connectivity index (χ0v) is 73.1. The Morgan fingerprint density at radius 1 is 0.382 bits per heavy atom. The summed E-state index contributed by atoms with van der Waals surface area (Å²) >= 11 is 0. The number of aromatic nitrogens is 10. The zero-order chi connectivity index (χ0) is 90.8. The summed E-state index contributed by atoms with van der Waals surface area (Å²) in [6, 6.07) is 107. The highest BCUT2D eigenvalue weighted by molar-refractivity contribution is 6.04. The first-order valence-corrected chi connectivity index (χ1v) is 43.1. The van der Waals surface area contributed by atoms with Crippen molar-refractivity contribution in [2.24, 2.45) is 4.99 Å². The number of benzene rings is 9. The molecule has 23 nitrogen and oxygen atoms in total. The standard InChI is InChI=1S/C42H37N5O3.C42H35N5O3.C24H24N4O3/c2*1-29(30-15-7-3-8-16-30)44-38(49)27-35-26-37-39(40(45-35)31-23-24-43-36(25-31)28-48)41(50-2)46-47(37)42(32-17-9-4-10-18-32,33-19-11-5-12-20-33)34-21-13-6-14-22-34;1-15(16-6-4-3-5-7-16)27-21(30)12-19-11-18-13-26-24(31-2)22(18)23(28-19)17-8-9-25-20(10-17)14-29/h3-26,29,48H,27-28H2,1-2H3,(H,44,49);3-26,28-29H,27H2,1-2H3,(H,44,49);3-11,15,29H,12-14H2,1-2H3,(H,27,30)/t2*29-;15-/m111/s1. The smallest absolute Gasteiger partial charge is 0.242 e. The number of methoxy groups -OCH3 is 3. The number of carbonyl (C=O) groups excluding carboxylic acids is 4. The fourth-order valence-corrected chi connectivity index (χ4v) is 17.2. The number of rotatable bonds is 28. The van der Waals surface area contributed by atoms with Gasteiger partial charge < -0.3 is 40.4 Å². The molecule has 9 heterocycles. The average molecular weight is 1730 g/mol. The molecule has 0 unspecified atom stereocenters. The van der Waals surface area contributed by atoms with Gasteiger partial charge in [0.15, 0.2) is 6.29 Å². The number of fused-ring (bicyclic) bond motifs is 3. The van der Waals surface area contributed by atoms with Crippen molar-refractivity contribution >= 4 is 51.7 Å². The van der Waals surface area contributed by atoms with Crippen LogP contribution >= 0.6 is 0 Å². The molecule has 0 bridgehead atoms. The molecule has 1 aliphatic heterocycles. The lowest BCUT2D eigenvalue weighted by atomic mass is 9.77. The van der Waals surface area contributed by atoms with Crippen LogP contribution in [0.1, 0.15) is 139 Å². The van der Waals surface area contributed by atoms with Crippen molar-refractivity contribution in [1.29, 1.82) is 0 Å². The summed E-state index contributed by atoms with van der Waals surface area (Å²) in [5, 5.41) is 40.5. The summed E-state index contributed by atoms with van der Waals surface area (Å²) in [6.07, 6.45) is 5.75. The summed E-state index contributed by atoms with van der Waals surface area (Å²) in [4.78, 5) is 83.8. The number of ether oxygens (including phenoxy) is 3. The van der Waals surface area contributed by atoms with Crippen LogP contribution < -0.4 is 25.4 Å². The van der Waals surface area contributed by atoms with Crippen molar-refractivity contribution < 1.29 is 43.6 Å². The monoisotopic (exact) mass is 1730 g/mol. The molecule has 23 heteroatoms. The molecular formula is C108H96N14O9. The molecule has 0 radical (unpaired) electrons. The number of carbonyl (C=O) groups is 4. The van der Waals surface area contributed by atoms with Gasteiger partial charge in [0, 0.05) is 35.3 Å². The molecule has 652 valence electrons. The van der Waals surface area contributed by atoms with Crippen LogP contribution in [0, 0.1) is 0 Å². The van der Waals surface area contributed by atoms with E-state index in [4.69, 9.17) is 39.4 Å². The van der Waals surface area contributed by atoms with Gasteiger partial charge in [-0.2, -0.15) is 0 Å². The van der Waals surface area contributed by atoms with E-state index in [1.165, 1.54) is 0 Å². The zero-order valence-electron chi connectivity index (χ0n) is 73.1. The van der Waals surface area contributed by atoms with E-state index in [1.54, 1.807) is 64.2 Å². The molecule has 17 aromatic rings. The molecule has 0 saturated carbocycles. The Balaban J connectivity index is 0.000000148. The van der Waals surface area contributed by atoms with Gasteiger partial charge in [0.05, 0.1) is 151 Å². The Labute approximate surface area is 758 Å². The number of hydrogen-bond donors (Lipinski definition) is 5. The number of pyridine rings is 6. The molecule has 5 N–H and O–H groups in total. The van der Waals surface area contributed by atoms with Gasteiger partial charge >= 0.3 is 0 Å². The first kappa shape index (κ1) is 88.3. The van der Waals surface area contributed by atoms with Crippen molar-refractivity contribution in [3.63, 3.8) is 0 Å². The third-order valence-corrected chi connectivity index (χ3v) is 23.2. The van der Waals surface area contributed by atoms with E-state index in [9.17, 15) is 29.4 Å². The number of aliphatic imine (C=N–C) groups is 1. The number of amides is 3. The van der Waals surface area contributed by atoms with Crippen molar-refractivity contribution in [3.05, 3.63) is 442 Å². The van der Waals surface area contributed by atoms with Gasteiger partial charge in [-0.05, 0) is 131 Å². The van der Waals surface area contributed by atoms with Crippen molar-refractivity contribution in [1.82, 2.24) is 65.4 Å². The molecule has 18 rings (SSSR count). The quantitative estimate of drug-likeness (QED) is 0.0225. The maximum Gasteiger partial charge on any atom is 0.242 e. The van der Waals surface area contributed by atoms with E-state index < -0.39 is 11.1 Å². The van der Waals surface area contributed by atoms with Gasteiger partial charge in [-0.15, -0.1) is 10.2 Å². The van der Waals surface area contributed by atoms with E-state index in [0.29, 0.717) is 97.9 Å². The van der Waals surface area contributed by atoms with E-state index in [0.717, 1.165) is 77.8 Å². The first-order valence-electron chi connectivity index (χ1n) is 43.1. The third-order valence-electron chi connectivity index (χ3n) is 23.2. The lowest BCUT2D eigenvalue weighted by molar-refractivity contribution is -0.122. The van der Waals surface area contributed by atoms with Crippen LogP contribution in [0.15, 0.2) is 351 Å². The highest BCUT2D eigenvalue weighted by Gasteiger charge is 2.44. The van der Waals surface area contributed by atoms with Crippen molar-refractivity contribution in [2.75, 3.05) is 21.3 Å². The molecule has 9 aromatic carbocycles. The van der Waals surface area contributed by atoms with Crippen LogP contribution in [0.25, 0.3) is 55.6 Å². The molecule has 0 saturated heterocycles. The van der Waals surface area contributed by atoms with Gasteiger partial charge in [-0.25, -0.2) is 14.4 Å². The van der Waals surface area contributed by atoms with Gasteiger partial charge in [-0.1, -0.05) is 273 Å². The summed E-state index contributed by atoms with van der Waals surface area (Å²) in [7, 11) is 4.76. The number of nitrogens with zero attached hydrogens (tertiary/aromatic N) is 11. The number of aliphatic hydroxyl groups is 2. The number of aliphatic hydroxyl groups excluding tert-OH is 2. The second kappa shape index (κ2) is 40.7. The Morgan fingerprint density at radius 3 is 1.01 bits per heavy atom. The third kappa shape index (κ3) is 18.9. The van der Waals surface area contributed by atoms with Crippen LogP contribution in [-0.2, 0) is 69.2 Å². The van der Waals surface area contributed by atoms with E-state index in [2.05, 4.69) is 109 Å². The van der Waals surface area contributed by atoms with Gasteiger partial charge in [-0.3, -0.25) is 49.1 Å². The second-order valence-corrected chi connectivity index (χ2v) is 31.6. The van der Waals surface area contributed by atoms with E-state index >= 15 is 0 Å². The van der Waals surface area contributed by atoms with Crippen molar-refractivity contribution in [2.45, 2.75) is 89.0 Å². The lowest BCUT2D eigenvalue weighted by Gasteiger charge is -2.37. The number of aldehydes is 1. The molecule has 0 fully saturated rings. The predicted molar refractivity (Wildman–Crippen MR) is 506 cm³/mol. The summed E-state index contributed by atoms with van der Waals surface area (Å²) in [6.45, 7) is 5.96. The van der Waals surface area contributed by atoms with Gasteiger partial charge in [0.2, 0.25) is 35.4 Å². The lowest BCUT2D eigenvalue weighted by Crippen LogP contribution is -2.38. The van der Waals surface area contributed by atoms with Gasteiger partial charge in [0.1, 0.15) is 16.8 Å². The van der Waals surface area contributed by atoms with Crippen LogP contribution in [0.3, 0.4) is 0 Å². The minimum absolute atomic E-state index is 0.00818. The summed E-state index contributed by atoms with van der Waals surface area (Å²) in [5.41, 5.74) is 17.2. The fraction of sp³-hybridized carbons (Fsp3) is 0.157. The minimum atomic E-state index is -0.967. The average Bonchev–Trinajstić information content (AvgIpc) is 1.58. The molecule has 0 aliphatic carbocycles. The normalized spacial score (nSPS) is 12.3. The maximum absolute atomic E-state index is 13.6. The Hall–Kier alpha value is -16.1. The van der Waals surface area contributed by atoms with Crippen LogP contribution in [-0.4, -0.2) is 111 Å². The Morgan fingerprint density at radius 2 is 0.687 bits per heavy atom. The molecule has 8 aromatic heterocycles. The van der Waals surface area contributed by atoms with E-state index in [-0.39, 0.29) is 74.0 Å². The topological polar surface area (TPSA) is 298 Å². The molecule has 1 aliphatic rings. The Kier molecular flexibility index (Phi) is 27.4. The second-order valence-electron chi connectivity index (χ2n) is 31.6. The van der Waals surface area contributed by atoms with Gasteiger partial charge in [0.25, 0.3) is 0 Å². The van der Waals surface area contributed by atoms with Crippen LogP contribution in [0.5, 0.6) is 11.8 Å². The molecule has 3 atom stereocenters. The van der Waals surface area contributed by atoms with Crippen molar-refractivity contribution in [3.8, 4) is 45.5 Å². The number of nitrogens with one attached hydrogen (secondary N) is 3. The summed E-state index contributed by atoms with van der Waals surface area (Å²) in [5.74, 6) is 0.808. The first-order chi connectivity index (χ1) is 64.1. The number of hydrogen-bond acceptors (Lipinski definition) is 18. The highest BCUT2D eigenvalue weighted by Crippen LogP contribution is 2.49. The minimum Gasteiger partial charge on any atom is -0.481 e.